The van der Waals surface area contributed by atoms with Crippen molar-refractivity contribution in [3.05, 3.63) is 54.1 Å². The van der Waals surface area contributed by atoms with Crippen molar-refractivity contribution in [2.45, 2.75) is 32.7 Å². The molecule has 2 saturated heterocycles. The minimum Gasteiger partial charge on any atom is -0.497 e. The van der Waals surface area contributed by atoms with Gasteiger partial charge in [0.1, 0.15) is 5.75 Å². The van der Waals surface area contributed by atoms with Crippen LogP contribution in [0.25, 0.3) is 0 Å². The van der Waals surface area contributed by atoms with Crippen molar-refractivity contribution in [2.75, 3.05) is 49.6 Å². The molecule has 2 aromatic carbocycles. The van der Waals surface area contributed by atoms with Crippen molar-refractivity contribution in [3.8, 4) is 5.75 Å². The number of hydrogen-bond acceptors (Lipinski definition) is 4. The molecule has 0 aromatic heterocycles. The molecular formula is C26H35N5O2. The number of methoxy groups -OCH3 is 1. The average Bonchev–Trinajstić information content (AvgIpc) is 3.50. The first-order valence-corrected chi connectivity index (χ1v) is 12.0. The SMILES string of the molecule is CCNC(=NCc1ccc(N2CCCC2=O)cc1)NCC1CCN(c2cccc(OC)c2)C1. The van der Waals surface area contributed by atoms with Gasteiger partial charge in [-0.1, -0.05) is 18.2 Å². The second-order valence-corrected chi connectivity index (χ2v) is 8.69. The molecule has 2 N–H and O–H groups in total. The fourth-order valence-electron chi connectivity index (χ4n) is 4.50. The molecule has 1 amide bonds. The first-order chi connectivity index (χ1) is 16.2. The molecule has 33 heavy (non-hydrogen) atoms. The van der Waals surface area contributed by atoms with E-state index >= 15 is 0 Å². The number of ether oxygens (including phenoxy) is 1. The zero-order valence-corrected chi connectivity index (χ0v) is 19.7. The molecule has 7 heteroatoms. The van der Waals surface area contributed by atoms with Crippen LogP contribution in [0.3, 0.4) is 0 Å². The second kappa shape index (κ2) is 11.1. The average molecular weight is 450 g/mol. The molecule has 0 radical (unpaired) electrons. The van der Waals surface area contributed by atoms with E-state index in [0.717, 1.165) is 68.5 Å². The minimum atomic E-state index is 0.219. The smallest absolute Gasteiger partial charge is 0.227 e. The predicted octanol–water partition coefficient (Wildman–Crippen LogP) is 3.40. The van der Waals surface area contributed by atoms with Crippen LogP contribution in [0.1, 0.15) is 31.7 Å². The maximum absolute atomic E-state index is 11.9. The molecule has 1 unspecified atom stereocenters. The predicted molar refractivity (Wildman–Crippen MR) is 134 cm³/mol. The standard InChI is InChI=1S/C26H35N5O2/c1-3-27-26(28-17-20-9-11-22(12-10-20)31-14-5-8-25(31)32)29-18-21-13-15-30(19-21)23-6-4-7-24(16-23)33-2/h4,6-7,9-12,16,21H,3,5,8,13-15,17-19H2,1-2H3,(H2,27,28,29). The summed E-state index contributed by atoms with van der Waals surface area (Å²) in [5, 5.41) is 6.88. The first kappa shape index (κ1) is 23.0. The summed E-state index contributed by atoms with van der Waals surface area (Å²) in [5.41, 5.74) is 3.33. The fraction of sp³-hybridized carbons (Fsp3) is 0.462. The molecule has 2 fully saturated rings. The summed E-state index contributed by atoms with van der Waals surface area (Å²) in [6.07, 6.45) is 2.75. The maximum Gasteiger partial charge on any atom is 0.227 e. The van der Waals surface area contributed by atoms with Crippen molar-refractivity contribution in [3.63, 3.8) is 0 Å². The van der Waals surface area contributed by atoms with Gasteiger partial charge in [-0.3, -0.25) is 4.79 Å². The number of hydrogen-bond donors (Lipinski definition) is 2. The minimum absolute atomic E-state index is 0.219. The highest BCUT2D eigenvalue weighted by atomic mass is 16.5. The highest BCUT2D eigenvalue weighted by Gasteiger charge is 2.23. The third-order valence-electron chi connectivity index (χ3n) is 6.35. The topological polar surface area (TPSA) is 69.2 Å². The monoisotopic (exact) mass is 449 g/mol. The summed E-state index contributed by atoms with van der Waals surface area (Å²) >= 11 is 0. The number of nitrogens with one attached hydrogen (secondary N) is 2. The Morgan fingerprint density at radius 2 is 1.97 bits per heavy atom. The number of anilines is 2. The Hall–Kier alpha value is -3.22. The number of benzene rings is 2. The molecule has 2 heterocycles. The number of rotatable bonds is 8. The summed E-state index contributed by atoms with van der Waals surface area (Å²) in [6.45, 7) is 7.30. The largest absolute Gasteiger partial charge is 0.497 e. The van der Waals surface area contributed by atoms with Gasteiger partial charge in [-0.15, -0.1) is 0 Å². The van der Waals surface area contributed by atoms with E-state index in [9.17, 15) is 4.79 Å². The number of guanidine groups is 1. The molecule has 0 bridgehead atoms. The summed E-state index contributed by atoms with van der Waals surface area (Å²) in [7, 11) is 1.71. The lowest BCUT2D eigenvalue weighted by atomic mass is 10.1. The van der Waals surface area contributed by atoms with Gasteiger partial charge in [0.25, 0.3) is 0 Å². The zero-order chi connectivity index (χ0) is 23.0. The van der Waals surface area contributed by atoms with E-state index in [-0.39, 0.29) is 5.91 Å². The molecule has 176 valence electrons. The zero-order valence-electron chi connectivity index (χ0n) is 19.7. The van der Waals surface area contributed by atoms with Crippen LogP contribution in [0.2, 0.25) is 0 Å². The number of nitrogens with zero attached hydrogens (tertiary/aromatic N) is 3. The van der Waals surface area contributed by atoms with E-state index in [2.05, 4.69) is 46.7 Å². The summed E-state index contributed by atoms with van der Waals surface area (Å²) < 4.78 is 5.37. The van der Waals surface area contributed by atoms with Crippen molar-refractivity contribution in [1.82, 2.24) is 10.6 Å². The normalized spacial score (nSPS) is 18.7. The van der Waals surface area contributed by atoms with Gasteiger partial charge < -0.3 is 25.2 Å². The van der Waals surface area contributed by atoms with Gasteiger partial charge in [0.05, 0.1) is 13.7 Å². The molecule has 0 spiro atoms. The third-order valence-corrected chi connectivity index (χ3v) is 6.35. The van der Waals surface area contributed by atoms with Crippen LogP contribution in [0, 0.1) is 5.92 Å². The third kappa shape index (κ3) is 5.97. The van der Waals surface area contributed by atoms with E-state index in [1.165, 1.54) is 5.69 Å². The van der Waals surface area contributed by atoms with Gasteiger partial charge in [0.15, 0.2) is 5.96 Å². The Morgan fingerprint density at radius 3 is 2.70 bits per heavy atom. The van der Waals surface area contributed by atoms with Crippen LogP contribution in [0.4, 0.5) is 11.4 Å². The van der Waals surface area contributed by atoms with Crippen LogP contribution in [0.5, 0.6) is 5.75 Å². The van der Waals surface area contributed by atoms with Gasteiger partial charge in [-0.25, -0.2) is 4.99 Å². The summed E-state index contributed by atoms with van der Waals surface area (Å²) in [6, 6.07) is 16.5. The van der Waals surface area contributed by atoms with Gasteiger partial charge in [-0.05, 0) is 55.5 Å². The number of aliphatic imine (C=N–C) groups is 1. The lowest BCUT2D eigenvalue weighted by Gasteiger charge is -2.20. The molecule has 1 atom stereocenters. The number of amides is 1. The van der Waals surface area contributed by atoms with Crippen LogP contribution >= 0.6 is 0 Å². The number of carbonyl (C=O) groups is 1. The molecule has 0 aliphatic carbocycles. The van der Waals surface area contributed by atoms with Crippen LogP contribution in [0.15, 0.2) is 53.5 Å². The Balaban J connectivity index is 1.29. The van der Waals surface area contributed by atoms with E-state index < -0.39 is 0 Å². The molecule has 2 aliphatic rings. The van der Waals surface area contributed by atoms with E-state index in [0.29, 0.717) is 18.9 Å². The van der Waals surface area contributed by atoms with Crippen molar-refractivity contribution < 1.29 is 9.53 Å². The molecule has 2 aliphatic heterocycles. The lowest BCUT2D eigenvalue weighted by Crippen LogP contribution is -2.40. The molecular weight excluding hydrogens is 414 g/mol. The van der Waals surface area contributed by atoms with Gasteiger partial charge in [-0.2, -0.15) is 0 Å². The molecule has 4 rings (SSSR count). The Bertz CT molecular complexity index is 959. The lowest BCUT2D eigenvalue weighted by molar-refractivity contribution is -0.117. The van der Waals surface area contributed by atoms with Crippen molar-refractivity contribution in [2.24, 2.45) is 10.9 Å². The van der Waals surface area contributed by atoms with Crippen molar-refractivity contribution >= 4 is 23.2 Å². The van der Waals surface area contributed by atoms with Gasteiger partial charge in [0.2, 0.25) is 5.91 Å². The van der Waals surface area contributed by atoms with Crippen molar-refractivity contribution in [1.29, 1.82) is 0 Å². The Labute approximate surface area is 196 Å². The van der Waals surface area contributed by atoms with Crippen LogP contribution in [-0.4, -0.2) is 51.7 Å². The van der Waals surface area contributed by atoms with E-state index in [1.807, 2.05) is 29.2 Å². The fourth-order valence-corrected chi connectivity index (χ4v) is 4.50. The quantitative estimate of drug-likeness (QED) is 0.478. The van der Waals surface area contributed by atoms with Gasteiger partial charge >= 0.3 is 0 Å². The molecule has 7 nitrogen and oxygen atoms in total. The second-order valence-electron chi connectivity index (χ2n) is 8.69. The first-order valence-electron chi connectivity index (χ1n) is 12.0. The summed E-state index contributed by atoms with van der Waals surface area (Å²) in [5.74, 6) is 2.53. The van der Waals surface area contributed by atoms with Crippen LogP contribution in [-0.2, 0) is 11.3 Å². The van der Waals surface area contributed by atoms with E-state index in [4.69, 9.17) is 9.73 Å². The van der Waals surface area contributed by atoms with Crippen LogP contribution < -0.4 is 25.2 Å². The highest BCUT2D eigenvalue weighted by molar-refractivity contribution is 5.95. The molecule has 2 aromatic rings. The number of carbonyl (C=O) groups excluding carboxylic acids is 1. The molecule has 0 saturated carbocycles. The van der Waals surface area contributed by atoms with E-state index in [1.54, 1.807) is 7.11 Å². The Morgan fingerprint density at radius 1 is 1.12 bits per heavy atom. The van der Waals surface area contributed by atoms with Gasteiger partial charge in [0, 0.05) is 56.6 Å². The highest BCUT2D eigenvalue weighted by Crippen LogP contribution is 2.26. The maximum atomic E-state index is 11.9. The summed E-state index contributed by atoms with van der Waals surface area (Å²) in [4.78, 5) is 21.0. The Kier molecular flexibility index (Phi) is 7.70.